The highest BCUT2D eigenvalue weighted by Crippen LogP contribution is 2.37. The third kappa shape index (κ3) is 4.23. The van der Waals surface area contributed by atoms with Gasteiger partial charge in [-0.2, -0.15) is 0 Å². The molecule has 2 aromatic rings. The van der Waals surface area contributed by atoms with Gasteiger partial charge in [-0.25, -0.2) is 8.78 Å². The lowest BCUT2D eigenvalue weighted by Crippen LogP contribution is -2.13. The van der Waals surface area contributed by atoms with Gasteiger partial charge in [-0.15, -0.1) is 0 Å². The fourth-order valence-corrected chi connectivity index (χ4v) is 3.99. The zero-order valence-corrected chi connectivity index (χ0v) is 14.4. The molecule has 2 aromatic carbocycles. The molecule has 1 saturated carbocycles. The first-order valence-corrected chi connectivity index (χ1v) is 9.18. The number of halogens is 2. The number of hydrogen-bond donors (Lipinski definition) is 0. The zero-order valence-electron chi connectivity index (χ0n) is 14.4. The van der Waals surface area contributed by atoms with Crippen LogP contribution in [-0.2, 0) is 6.42 Å². The maximum Gasteiger partial charge on any atom is 0.159 e. The Kier molecular flexibility index (Phi) is 5.65. The molecule has 24 heavy (non-hydrogen) atoms. The summed E-state index contributed by atoms with van der Waals surface area (Å²) in [5.74, 6) is 0.0649. The van der Waals surface area contributed by atoms with E-state index in [0.717, 1.165) is 17.0 Å². The van der Waals surface area contributed by atoms with E-state index in [2.05, 4.69) is 31.2 Å². The summed E-state index contributed by atoms with van der Waals surface area (Å²) < 4.78 is 26.3. The van der Waals surface area contributed by atoms with E-state index in [4.69, 9.17) is 0 Å². The van der Waals surface area contributed by atoms with E-state index >= 15 is 0 Å². The summed E-state index contributed by atoms with van der Waals surface area (Å²) in [7, 11) is 0. The van der Waals surface area contributed by atoms with Crippen LogP contribution in [0.3, 0.4) is 0 Å². The van der Waals surface area contributed by atoms with Crippen LogP contribution >= 0.6 is 0 Å². The maximum atomic E-state index is 13.3. The SMILES string of the molecule is CCCC1CCC(c2ccc(Cc3ccc(F)c(F)c3)cc2)CC1. The highest BCUT2D eigenvalue weighted by Gasteiger charge is 2.21. The summed E-state index contributed by atoms with van der Waals surface area (Å²) >= 11 is 0. The van der Waals surface area contributed by atoms with Crippen molar-refractivity contribution < 1.29 is 8.78 Å². The fourth-order valence-electron chi connectivity index (χ4n) is 3.99. The van der Waals surface area contributed by atoms with Gasteiger partial charge in [-0.05, 0) is 72.8 Å². The van der Waals surface area contributed by atoms with Gasteiger partial charge in [0.2, 0.25) is 0 Å². The van der Waals surface area contributed by atoms with Crippen LogP contribution in [0.15, 0.2) is 42.5 Å². The second-order valence-corrected chi connectivity index (χ2v) is 7.17. The summed E-state index contributed by atoms with van der Waals surface area (Å²) in [6.07, 6.45) is 8.62. The van der Waals surface area contributed by atoms with E-state index in [1.165, 1.54) is 56.2 Å². The lowest BCUT2D eigenvalue weighted by atomic mass is 9.77. The molecule has 0 aliphatic heterocycles. The van der Waals surface area contributed by atoms with E-state index < -0.39 is 11.6 Å². The van der Waals surface area contributed by atoms with Crippen molar-refractivity contribution in [3.05, 3.63) is 70.8 Å². The molecule has 0 N–H and O–H groups in total. The molecule has 0 spiro atoms. The molecular formula is C22H26F2. The van der Waals surface area contributed by atoms with Gasteiger partial charge < -0.3 is 0 Å². The van der Waals surface area contributed by atoms with Crippen molar-refractivity contribution in [1.82, 2.24) is 0 Å². The first-order valence-electron chi connectivity index (χ1n) is 9.18. The minimum absolute atomic E-state index is 0.640. The van der Waals surface area contributed by atoms with Gasteiger partial charge in [0, 0.05) is 0 Å². The maximum absolute atomic E-state index is 13.3. The summed E-state index contributed by atoms with van der Waals surface area (Å²) in [6.45, 7) is 2.28. The van der Waals surface area contributed by atoms with Crippen LogP contribution in [0.25, 0.3) is 0 Å². The van der Waals surface area contributed by atoms with Gasteiger partial charge in [-0.1, -0.05) is 50.1 Å². The standard InChI is InChI=1S/C22H26F2/c1-2-3-16-4-9-19(10-5-16)20-11-6-17(7-12-20)14-18-8-13-21(23)22(24)15-18/h6-8,11-13,15-16,19H,2-5,9-10,14H2,1H3. The van der Waals surface area contributed by atoms with E-state index in [1.807, 2.05) is 0 Å². The van der Waals surface area contributed by atoms with Crippen LogP contribution < -0.4 is 0 Å². The summed E-state index contributed by atoms with van der Waals surface area (Å²) in [5.41, 5.74) is 3.38. The predicted octanol–water partition coefficient (Wildman–Crippen LogP) is 6.63. The summed E-state index contributed by atoms with van der Waals surface area (Å²) in [4.78, 5) is 0. The number of hydrogen-bond acceptors (Lipinski definition) is 0. The highest BCUT2D eigenvalue weighted by atomic mass is 19.2. The van der Waals surface area contributed by atoms with Crippen LogP contribution in [0, 0.1) is 17.6 Å². The molecule has 0 nitrogen and oxygen atoms in total. The van der Waals surface area contributed by atoms with E-state index in [9.17, 15) is 8.78 Å². The van der Waals surface area contributed by atoms with Crippen molar-refractivity contribution in [1.29, 1.82) is 0 Å². The minimum Gasteiger partial charge on any atom is -0.204 e. The molecule has 0 saturated heterocycles. The Bertz CT molecular complexity index is 652. The van der Waals surface area contributed by atoms with Crippen molar-refractivity contribution in [2.24, 2.45) is 5.92 Å². The van der Waals surface area contributed by atoms with Crippen molar-refractivity contribution in [3.63, 3.8) is 0 Å². The lowest BCUT2D eigenvalue weighted by Gasteiger charge is -2.28. The van der Waals surface area contributed by atoms with Gasteiger partial charge in [0.25, 0.3) is 0 Å². The van der Waals surface area contributed by atoms with Crippen molar-refractivity contribution in [2.75, 3.05) is 0 Å². The van der Waals surface area contributed by atoms with Crippen LogP contribution in [0.2, 0.25) is 0 Å². The largest absolute Gasteiger partial charge is 0.204 e. The molecular weight excluding hydrogens is 302 g/mol. The average Bonchev–Trinajstić information content (AvgIpc) is 2.60. The molecule has 0 aromatic heterocycles. The highest BCUT2D eigenvalue weighted by molar-refractivity contribution is 5.30. The minimum atomic E-state index is -0.784. The summed E-state index contributed by atoms with van der Waals surface area (Å²) in [5, 5.41) is 0. The first-order chi connectivity index (χ1) is 11.7. The number of rotatable bonds is 5. The topological polar surface area (TPSA) is 0 Å². The Morgan fingerprint density at radius 2 is 1.50 bits per heavy atom. The van der Waals surface area contributed by atoms with E-state index in [1.54, 1.807) is 6.07 Å². The van der Waals surface area contributed by atoms with Crippen LogP contribution in [0.4, 0.5) is 8.78 Å². The summed E-state index contributed by atoms with van der Waals surface area (Å²) in [6, 6.07) is 12.9. The second-order valence-electron chi connectivity index (χ2n) is 7.17. The van der Waals surface area contributed by atoms with Crippen molar-refractivity contribution >= 4 is 0 Å². The Labute approximate surface area is 143 Å². The molecule has 2 heteroatoms. The van der Waals surface area contributed by atoms with Gasteiger partial charge in [0.1, 0.15) is 0 Å². The zero-order chi connectivity index (χ0) is 16.9. The molecule has 0 amide bonds. The normalized spacial score (nSPS) is 21.0. The monoisotopic (exact) mass is 328 g/mol. The predicted molar refractivity (Wildman–Crippen MR) is 95.2 cm³/mol. The molecule has 0 unspecified atom stereocenters. The molecule has 0 heterocycles. The molecule has 0 atom stereocenters. The molecule has 1 aliphatic carbocycles. The Morgan fingerprint density at radius 1 is 0.833 bits per heavy atom. The molecule has 0 radical (unpaired) electrons. The molecule has 128 valence electrons. The smallest absolute Gasteiger partial charge is 0.159 e. The molecule has 1 aliphatic rings. The van der Waals surface area contributed by atoms with Gasteiger partial charge in [-0.3, -0.25) is 0 Å². The first kappa shape index (κ1) is 17.1. The van der Waals surface area contributed by atoms with Gasteiger partial charge in [0.15, 0.2) is 11.6 Å². The Morgan fingerprint density at radius 3 is 2.12 bits per heavy atom. The van der Waals surface area contributed by atoms with Gasteiger partial charge in [0.05, 0.1) is 0 Å². The Hall–Kier alpha value is -1.70. The second kappa shape index (κ2) is 7.92. The van der Waals surface area contributed by atoms with E-state index in [0.29, 0.717) is 12.3 Å². The van der Waals surface area contributed by atoms with Crippen LogP contribution in [0.5, 0.6) is 0 Å². The fraction of sp³-hybridized carbons (Fsp3) is 0.455. The van der Waals surface area contributed by atoms with Crippen LogP contribution in [-0.4, -0.2) is 0 Å². The van der Waals surface area contributed by atoms with Gasteiger partial charge >= 0.3 is 0 Å². The van der Waals surface area contributed by atoms with Crippen LogP contribution in [0.1, 0.15) is 68.1 Å². The molecule has 1 fully saturated rings. The van der Waals surface area contributed by atoms with Crippen molar-refractivity contribution in [3.8, 4) is 0 Å². The molecule has 3 rings (SSSR count). The van der Waals surface area contributed by atoms with E-state index in [-0.39, 0.29) is 0 Å². The number of benzene rings is 2. The quantitative estimate of drug-likeness (QED) is 0.578. The third-order valence-electron chi connectivity index (χ3n) is 5.39. The molecule has 0 bridgehead atoms. The lowest BCUT2D eigenvalue weighted by molar-refractivity contribution is 0.308. The third-order valence-corrected chi connectivity index (χ3v) is 5.39. The van der Waals surface area contributed by atoms with Crippen molar-refractivity contribution in [2.45, 2.75) is 57.8 Å². The average molecular weight is 328 g/mol. The Balaban J connectivity index is 1.60.